The highest BCUT2D eigenvalue weighted by molar-refractivity contribution is 9.10. The van der Waals surface area contributed by atoms with Crippen molar-refractivity contribution in [1.29, 1.82) is 0 Å². The molecule has 1 aromatic heterocycles. The van der Waals surface area contributed by atoms with Crippen LogP contribution < -0.4 is 4.72 Å². The van der Waals surface area contributed by atoms with Crippen molar-refractivity contribution in [2.24, 2.45) is 0 Å². The van der Waals surface area contributed by atoms with Crippen molar-refractivity contribution in [3.63, 3.8) is 0 Å². The summed E-state index contributed by atoms with van der Waals surface area (Å²) < 4.78 is 27.9. The summed E-state index contributed by atoms with van der Waals surface area (Å²) in [6.07, 6.45) is 3.24. The van der Waals surface area contributed by atoms with Crippen LogP contribution in [0.5, 0.6) is 0 Å². The quantitative estimate of drug-likeness (QED) is 0.895. The number of nitrogens with zero attached hydrogens (tertiary/aromatic N) is 1. The van der Waals surface area contributed by atoms with Crippen molar-refractivity contribution in [2.45, 2.75) is 24.8 Å². The zero-order valence-electron chi connectivity index (χ0n) is 10.5. The summed E-state index contributed by atoms with van der Waals surface area (Å²) in [6, 6.07) is 4.50. The Labute approximate surface area is 120 Å². The number of nitrogens with one attached hydrogen (secondary N) is 2. The van der Waals surface area contributed by atoms with Crippen molar-refractivity contribution in [1.82, 2.24) is 14.7 Å². The molecule has 1 unspecified atom stereocenters. The summed E-state index contributed by atoms with van der Waals surface area (Å²) in [7, 11) is -3.56. The highest BCUT2D eigenvalue weighted by Crippen LogP contribution is 2.21. The number of hydrogen-bond acceptors (Lipinski definition) is 3. The first-order valence-electron chi connectivity index (χ1n) is 5.68. The van der Waals surface area contributed by atoms with Gasteiger partial charge in [0.25, 0.3) is 0 Å². The molecule has 2 aromatic rings. The highest BCUT2D eigenvalue weighted by atomic mass is 79.9. The van der Waals surface area contributed by atoms with E-state index in [9.17, 15) is 8.42 Å². The Hall–Kier alpha value is -1.18. The van der Waals surface area contributed by atoms with Crippen LogP contribution in [0.25, 0.3) is 0 Å². The van der Waals surface area contributed by atoms with E-state index in [1.165, 1.54) is 0 Å². The van der Waals surface area contributed by atoms with Gasteiger partial charge in [0, 0.05) is 16.9 Å². The van der Waals surface area contributed by atoms with Gasteiger partial charge in [-0.25, -0.2) is 18.1 Å². The van der Waals surface area contributed by atoms with Gasteiger partial charge >= 0.3 is 0 Å². The van der Waals surface area contributed by atoms with E-state index >= 15 is 0 Å². The Bertz CT molecular complexity index is 668. The molecule has 0 saturated heterocycles. The van der Waals surface area contributed by atoms with Gasteiger partial charge in [-0.3, -0.25) is 0 Å². The molecule has 0 aliphatic carbocycles. The number of imidazole rings is 1. The van der Waals surface area contributed by atoms with Crippen LogP contribution in [0.4, 0.5) is 0 Å². The van der Waals surface area contributed by atoms with Gasteiger partial charge in [-0.15, -0.1) is 0 Å². The monoisotopic (exact) mass is 343 g/mol. The maximum Gasteiger partial charge on any atom is 0.241 e. The lowest BCUT2D eigenvalue weighted by molar-refractivity contribution is 0.561. The Balaban J connectivity index is 2.25. The third kappa shape index (κ3) is 3.23. The first-order chi connectivity index (χ1) is 8.90. The SMILES string of the molecule is Cc1cc(S(=O)(=O)NC(C)c2ncc[nH]2)ccc1Br. The van der Waals surface area contributed by atoms with Gasteiger partial charge in [0.2, 0.25) is 10.0 Å². The molecule has 0 saturated carbocycles. The lowest BCUT2D eigenvalue weighted by Crippen LogP contribution is -2.27. The third-order valence-corrected chi connectivity index (χ3v) is 5.13. The Morgan fingerprint density at radius 3 is 2.74 bits per heavy atom. The van der Waals surface area contributed by atoms with Crippen LogP contribution in [-0.2, 0) is 10.0 Å². The first-order valence-corrected chi connectivity index (χ1v) is 7.95. The summed E-state index contributed by atoms with van der Waals surface area (Å²) in [5.41, 5.74) is 0.869. The van der Waals surface area contributed by atoms with Gasteiger partial charge in [-0.1, -0.05) is 15.9 Å². The average molecular weight is 344 g/mol. The van der Waals surface area contributed by atoms with E-state index in [0.717, 1.165) is 10.0 Å². The molecule has 0 spiro atoms. The summed E-state index contributed by atoms with van der Waals surface area (Å²) in [6.45, 7) is 3.58. The molecule has 2 rings (SSSR count). The Morgan fingerprint density at radius 2 is 2.16 bits per heavy atom. The van der Waals surface area contributed by atoms with Crippen molar-refractivity contribution in [3.05, 3.63) is 46.5 Å². The molecule has 2 N–H and O–H groups in total. The Morgan fingerprint density at radius 1 is 1.42 bits per heavy atom. The predicted octanol–water partition coefficient (Wildman–Crippen LogP) is 2.52. The minimum atomic E-state index is -3.56. The molecule has 5 nitrogen and oxygen atoms in total. The molecule has 19 heavy (non-hydrogen) atoms. The zero-order chi connectivity index (χ0) is 14.0. The number of aromatic nitrogens is 2. The standard InChI is InChI=1S/C12H14BrN3O2S/c1-8-7-10(3-4-11(8)13)19(17,18)16-9(2)12-14-5-6-15-12/h3-7,9,16H,1-2H3,(H,14,15). The second kappa shape index (κ2) is 5.44. The normalized spacial score (nSPS) is 13.4. The fraction of sp³-hybridized carbons (Fsp3) is 0.250. The molecule has 0 radical (unpaired) electrons. The third-order valence-electron chi connectivity index (χ3n) is 2.70. The van der Waals surface area contributed by atoms with Crippen LogP contribution in [0.1, 0.15) is 24.4 Å². The van der Waals surface area contributed by atoms with E-state index in [0.29, 0.717) is 5.82 Å². The highest BCUT2D eigenvalue weighted by Gasteiger charge is 2.19. The summed E-state index contributed by atoms with van der Waals surface area (Å²) in [4.78, 5) is 7.16. The molecule has 0 bridgehead atoms. The van der Waals surface area contributed by atoms with Gasteiger partial charge in [0.1, 0.15) is 5.82 Å². The topological polar surface area (TPSA) is 74.8 Å². The number of hydrogen-bond donors (Lipinski definition) is 2. The fourth-order valence-corrected chi connectivity index (χ4v) is 3.19. The number of benzene rings is 1. The smallest absolute Gasteiger partial charge is 0.241 e. The molecule has 1 heterocycles. The summed E-state index contributed by atoms with van der Waals surface area (Å²) in [5.74, 6) is 0.581. The molecule has 1 atom stereocenters. The lowest BCUT2D eigenvalue weighted by Gasteiger charge is -2.12. The van der Waals surface area contributed by atoms with Gasteiger partial charge < -0.3 is 4.98 Å². The van der Waals surface area contributed by atoms with Gasteiger partial charge in [-0.05, 0) is 37.6 Å². The number of halogens is 1. The molecule has 1 aromatic carbocycles. The largest absolute Gasteiger partial charge is 0.347 e. The second-order valence-corrected chi connectivity index (χ2v) is 6.80. The van der Waals surface area contributed by atoms with Crippen LogP contribution in [0, 0.1) is 6.92 Å². The zero-order valence-corrected chi connectivity index (χ0v) is 12.9. The van der Waals surface area contributed by atoms with E-state index < -0.39 is 16.1 Å². The molecule has 0 fully saturated rings. The molecule has 7 heteroatoms. The molecular weight excluding hydrogens is 330 g/mol. The van der Waals surface area contributed by atoms with Crippen LogP contribution in [0.2, 0.25) is 0 Å². The van der Waals surface area contributed by atoms with Gasteiger partial charge in [-0.2, -0.15) is 0 Å². The van der Waals surface area contributed by atoms with E-state index in [4.69, 9.17) is 0 Å². The van der Waals surface area contributed by atoms with Crippen LogP contribution in [-0.4, -0.2) is 18.4 Å². The maximum atomic E-state index is 12.2. The molecule has 0 amide bonds. The molecule has 102 valence electrons. The van der Waals surface area contributed by atoms with Crippen LogP contribution in [0.3, 0.4) is 0 Å². The van der Waals surface area contributed by atoms with E-state index in [-0.39, 0.29) is 4.90 Å². The second-order valence-electron chi connectivity index (χ2n) is 4.23. The van der Waals surface area contributed by atoms with E-state index in [1.54, 1.807) is 37.5 Å². The average Bonchev–Trinajstić information content (AvgIpc) is 2.85. The molecular formula is C12H14BrN3O2S. The Kier molecular flexibility index (Phi) is 4.07. The minimum absolute atomic E-state index is 0.242. The van der Waals surface area contributed by atoms with Crippen molar-refractivity contribution in [3.8, 4) is 0 Å². The number of aryl methyl sites for hydroxylation is 1. The maximum absolute atomic E-state index is 12.2. The number of H-pyrrole nitrogens is 1. The van der Waals surface area contributed by atoms with E-state index in [1.807, 2.05) is 6.92 Å². The van der Waals surface area contributed by atoms with Crippen molar-refractivity contribution >= 4 is 26.0 Å². The number of aromatic amines is 1. The summed E-state index contributed by atoms with van der Waals surface area (Å²) >= 11 is 3.35. The van der Waals surface area contributed by atoms with Crippen molar-refractivity contribution in [2.75, 3.05) is 0 Å². The summed E-state index contributed by atoms with van der Waals surface area (Å²) in [5, 5.41) is 0. The van der Waals surface area contributed by atoms with Crippen LogP contribution in [0.15, 0.2) is 40.0 Å². The van der Waals surface area contributed by atoms with Gasteiger partial charge in [0.05, 0.1) is 10.9 Å². The minimum Gasteiger partial charge on any atom is -0.347 e. The van der Waals surface area contributed by atoms with E-state index in [2.05, 4.69) is 30.6 Å². The lowest BCUT2D eigenvalue weighted by atomic mass is 10.2. The molecule has 0 aliphatic heterocycles. The van der Waals surface area contributed by atoms with Crippen LogP contribution >= 0.6 is 15.9 Å². The fourth-order valence-electron chi connectivity index (χ4n) is 1.66. The number of sulfonamides is 1. The first kappa shape index (κ1) is 14.2. The molecule has 0 aliphatic rings. The van der Waals surface area contributed by atoms with Crippen molar-refractivity contribution < 1.29 is 8.42 Å². The number of rotatable bonds is 4. The predicted molar refractivity (Wildman–Crippen MR) is 76.2 cm³/mol. The van der Waals surface area contributed by atoms with Gasteiger partial charge in [0.15, 0.2) is 0 Å².